The van der Waals surface area contributed by atoms with Gasteiger partial charge in [-0.15, -0.1) is 0 Å². The second-order valence-electron chi connectivity index (χ2n) is 2.12. The van der Waals surface area contributed by atoms with Crippen LogP contribution in [0.2, 0.25) is 5.02 Å². The van der Waals surface area contributed by atoms with Crippen LogP contribution < -0.4 is 0 Å². The first-order valence-corrected chi connectivity index (χ1v) is 4.27. The maximum absolute atomic E-state index is 10.4. The molecule has 0 unspecified atom stereocenters. The number of nitriles is 1. The first kappa shape index (κ1) is 9.96. The Morgan fingerprint density at radius 1 is 1.62 bits per heavy atom. The molecule has 4 nitrogen and oxygen atoms in total. The lowest BCUT2D eigenvalue weighted by Gasteiger charge is -1.98. The van der Waals surface area contributed by atoms with Gasteiger partial charge in [-0.3, -0.25) is 10.1 Å². The van der Waals surface area contributed by atoms with Gasteiger partial charge in [-0.25, -0.2) is 0 Å². The Hall–Kier alpha value is -1.12. The minimum absolute atomic E-state index is 0.0664. The Morgan fingerprint density at radius 2 is 2.23 bits per heavy atom. The van der Waals surface area contributed by atoms with Crippen LogP contribution in [0, 0.1) is 21.4 Å². The van der Waals surface area contributed by atoms with Crippen molar-refractivity contribution in [3.63, 3.8) is 0 Å². The van der Waals surface area contributed by atoms with Gasteiger partial charge in [-0.2, -0.15) is 5.26 Å². The normalized spacial score (nSPS) is 9.31. The number of halogens is 2. The van der Waals surface area contributed by atoms with Crippen LogP contribution in [-0.4, -0.2) is 4.92 Å². The summed E-state index contributed by atoms with van der Waals surface area (Å²) in [6, 6.07) is 4.34. The van der Waals surface area contributed by atoms with E-state index in [1.807, 2.05) is 0 Å². The number of nitrogens with zero attached hydrogens (tertiary/aromatic N) is 2. The molecule has 1 aromatic carbocycles. The van der Waals surface area contributed by atoms with Gasteiger partial charge >= 0.3 is 0 Å². The molecule has 0 atom stereocenters. The molecule has 0 N–H and O–H groups in total. The summed E-state index contributed by atoms with van der Waals surface area (Å²) in [6.07, 6.45) is 0. The van der Waals surface area contributed by atoms with Gasteiger partial charge in [0, 0.05) is 10.5 Å². The summed E-state index contributed by atoms with van der Waals surface area (Å²) in [5.74, 6) is 0. The molecule has 0 spiro atoms. The number of hydrogen-bond donors (Lipinski definition) is 0. The molecule has 0 aliphatic rings. The van der Waals surface area contributed by atoms with Crippen molar-refractivity contribution >= 4 is 33.2 Å². The highest BCUT2D eigenvalue weighted by molar-refractivity contribution is 9.10. The number of nitro groups is 1. The number of hydrogen-bond acceptors (Lipinski definition) is 3. The van der Waals surface area contributed by atoms with Gasteiger partial charge in [0.05, 0.1) is 9.95 Å². The molecule has 0 amide bonds. The van der Waals surface area contributed by atoms with Gasteiger partial charge in [-0.05, 0) is 22.0 Å². The van der Waals surface area contributed by atoms with Gasteiger partial charge in [0.15, 0.2) is 0 Å². The van der Waals surface area contributed by atoms with E-state index in [2.05, 4.69) is 15.9 Å². The molecular weight excluding hydrogens is 259 g/mol. The Bertz CT molecular complexity index is 414. The van der Waals surface area contributed by atoms with Crippen molar-refractivity contribution in [3.05, 3.63) is 37.3 Å². The Labute approximate surface area is 87.0 Å². The molecule has 0 fully saturated rings. The van der Waals surface area contributed by atoms with Gasteiger partial charge < -0.3 is 0 Å². The van der Waals surface area contributed by atoms with Crippen molar-refractivity contribution < 1.29 is 4.92 Å². The smallest absolute Gasteiger partial charge is 0.258 e. The SMILES string of the molecule is N#Cc1c([N+](=O)[O-])ccc(Br)c1Cl. The molecule has 0 saturated heterocycles. The Morgan fingerprint density at radius 3 is 2.69 bits per heavy atom. The fourth-order valence-corrected chi connectivity index (χ4v) is 1.33. The van der Waals surface area contributed by atoms with Crippen molar-refractivity contribution in [2.45, 2.75) is 0 Å². The zero-order valence-electron chi connectivity index (χ0n) is 6.12. The third kappa shape index (κ3) is 1.79. The number of nitro benzene ring substituents is 1. The van der Waals surface area contributed by atoms with Gasteiger partial charge in [0.1, 0.15) is 11.6 Å². The van der Waals surface area contributed by atoms with E-state index < -0.39 is 4.92 Å². The van der Waals surface area contributed by atoms with Crippen LogP contribution in [-0.2, 0) is 0 Å². The molecule has 0 aliphatic heterocycles. The molecule has 13 heavy (non-hydrogen) atoms. The van der Waals surface area contributed by atoms with Crippen molar-refractivity contribution in [2.75, 3.05) is 0 Å². The van der Waals surface area contributed by atoms with Crippen molar-refractivity contribution in [2.24, 2.45) is 0 Å². The molecule has 0 radical (unpaired) electrons. The van der Waals surface area contributed by atoms with Crippen LogP contribution in [0.3, 0.4) is 0 Å². The largest absolute Gasteiger partial charge is 0.288 e. The molecule has 66 valence electrons. The van der Waals surface area contributed by atoms with E-state index in [1.54, 1.807) is 6.07 Å². The van der Waals surface area contributed by atoms with Crippen LogP contribution in [0.5, 0.6) is 0 Å². The molecule has 1 aromatic rings. The maximum atomic E-state index is 10.4. The van der Waals surface area contributed by atoms with E-state index in [0.717, 1.165) is 0 Å². The van der Waals surface area contributed by atoms with Gasteiger partial charge in [0.25, 0.3) is 5.69 Å². The second kappa shape index (κ2) is 3.73. The van der Waals surface area contributed by atoms with Crippen LogP contribution in [0.15, 0.2) is 16.6 Å². The number of rotatable bonds is 1. The summed E-state index contributed by atoms with van der Waals surface area (Å²) in [5.41, 5.74) is -0.406. The van der Waals surface area contributed by atoms with Crippen molar-refractivity contribution in [1.29, 1.82) is 5.26 Å². The molecule has 0 aliphatic carbocycles. The summed E-state index contributed by atoms with van der Waals surface area (Å²) < 4.78 is 0.469. The summed E-state index contributed by atoms with van der Waals surface area (Å²) in [4.78, 5) is 9.78. The summed E-state index contributed by atoms with van der Waals surface area (Å²) in [6.45, 7) is 0. The quantitative estimate of drug-likeness (QED) is 0.576. The topological polar surface area (TPSA) is 66.9 Å². The first-order valence-electron chi connectivity index (χ1n) is 3.10. The van der Waals surface area contributed by atoms with Crippen LogP contribution in [0.4, 0.5) is 5.69 Å². The maximum Gasteiger partial charge on any atom is 0.288 e. The first-order chi connectivity index (χ1) is 6.07. The Balaban J connectivity index is 3.50. The monoisotopic (exact) mass is 260 g/mol. The molecule has 0 bridgehead atoms. The van der Waals surface area contributed by atoms with E-state index in [-0.39, 0.29) is 16.3 Å². The van der Waals surface area contributed by atoms with E-state index in [0.29, 0.717) is 4.47 Å². The predicted octanol–water partition coefficient (Wildman–Crippen LogP) is 2.88. The van der Waals surface area contributed by atoms with Gasteiger partial charge in [-0.1, -0.05) is 11.6 Å². The Kier molecular flexibility index (Phi) is 2.86. The van der Waals surface area contributed by atoms with Crippen molar-refractivity contribution in [1.82, 2.24) is 0 Å². The average Bonchev–Trinajstić information content (AvgIpc) is 2.09. The standard InChI is InChI=1S/C7H2BrClN2O2/c8-5-1-2-6(11(12)13)4(3-10)7(5)9/h1-2H. The third-order valence-electron chi connectivity index (χ3n) is 1.38. The fraction of sp³-hybridized carbons (Fsp3) is 0. The fourth-order valence-electron chi connectivity index (χ4n) is 0.799. The zero-order valence-corrected chi connectivity index (χ0v) is 8.46. The second-order valence-corrected chi connectivity index (χ2v) is 3.36. The molecule has 0 aromatic heterocycles. The molecule has 1 rings (SSSR count). The number of benzene rings is 1. The minimum Gasteiger partial charge on any atom is -0.258 e. The highest BCUT2D eigenvalue weighted by atomic mass is 79.9. The van der Waals surface area contributed by atoms with Crippen LogP contribution in [0.1, 0.15) is 5.56 Å². The molecule has 6 heteroatoms. The third-order valence-corrected chi connectivity index (χ3v) is 2.66. The van der Waals surface area contributed by atoms with Crippen LogP contribution >= 0.6 is 27.5 Å². The molecule has 0 saturated carbocycles. The highest BCUT2D eigenvalue weighted by Gasteiger charge is 2.18. The van der Waals surface area contributed by atoms with E-state index in [9.17, 15) is 10.1 Å². The van der Waals surface area contributed by atoms with Crippen LogP contribution in [0.25, 0.3) is 0 Å². The zero-order chi connectivity index (χ0) is 10.0. The summed E-state index contributed by atoms with van der Waals surface area (Å²) in [5, 5.41) is 19.1. The molecule has 0 heterocycles. The van der Waals surface area contributed by atoms with E-state index >= 15 is 0 Å². The summed E-state index contributed by atoms with van der Waals surface area (Å²) >= 11 is 8.73. The highest BCUT2D eigenvalue weighted by Crippen LogP contribution is 2.32. The average molecular weight is 261 g/mol. The lowest BCUT2D eigenvalue weighted by Crippen LogP contribution is -1.93. The lowest BCUT2D eigenvalue weighted by atomic mass is 10.2. The lowest BCUT2D eigenvalue weighted by molar-refractivity contribution is -0.385. The van der Waals surface area contributed by atoms with Gasteiger partial charge in [0.2, 0.25) is 0 Å². The van der Waals surface area contributed by atoms with E-state index in [1.165, 1.54) is 12.1 Å². The van der Waals surface area contributed by atoms with E-state index in [4.69, 9.17) is 16.9 Å². The minimum atomic E-state index is -0.642. The van der Waals surface area contributed by atoms with Crippen molar-refractivity contribution in [3.8, 4) is 6.07 Å². The summed E-state index contributed by atoms with van der Waals surface area (Å²) in [7, 11) is 0. The molecular formula is C7H2BrClN2O2. The predicted molar refractivity (Wildman–Crippen MR) is 50.5 cm³/mol.